The Hall–Kier alpha value is -2.69. The van der Waals surface area contributed by atoms with Crippen LogP contribution in [0.4, 0.5) is 5.69 Å². The summed E-state index contributed by atoms with van der Waals surface area (Å²) in [5, 5.41) is 2.67. The van der Waals surface area contributed by atoms with E-state index in [-0.39, 0.29) is 6.04 Å². The predicted octanol–water partition coefficient (Wildman–Crippen LogP) is 3.33. The molecular formula is C20H23N3O2. The number of anilines is 1. The van der Waals surface area contributed by atoms with Gasteiger partial charge in [0.05, 0.1) is 17.9 Å². The molecule has 2 amide bonds. The molecule has 5 heteroatoms. The van der Waals surface area contributed by atoms with Crippen LogP contribution < -0.4 is 5.32 Å². The van der Waals surface area contributed by atoms with Crippen LogP contribution in [0.25, 0.3) is 0 Å². The van der Waals surface area contributed by atoms with Gasteiger partial charge in [0.1, 0.15) is 0 Å². The molecule has 130 valence electrons. The molecule has 1 saturated heterocycles. The molecule has 0 saturated carbocycles. The lowest BCUT2D eigenvalue weighted by molar-refractivity contribution is -0.146. The maximum atomic E-state index is 12.8. The molecule has 1 N–H and O–H groups in total. The van der Waals surface area contributed by atoms with Crippen LogP contribution in [0.15, 0.2) is 48.8 Å². The molecule has 2 atom stereocenters. The summed E-state index contributed by atoms with van der Waals surface area (Å²) in [5.74, 6) is -0.780. The molecule has 1 aliphatic rings. The van der Waals surface area contributed by atoms with Crippen molar-refractivity contribution in [1.29, 1.82) is 0 Å². The Bertz CT molecular complexity index is 761. The monoisotopic (exact) mass is 337 g/mol. The fourth-order valence-electron chi connectivity index (χ4n) is 3.51. The average Bonchev–Trinajstić information content (AvgIpc) is 2.61. The predicted molar refractivity (Wildman–Crippen MR) is 96.9 cm³/mol. The van der Waals surface area contributed by atoms with Gasteiger partial charge < -0.3 is 10.2 Å². The van der Waals surface area contributed by atoms with E-state index in [4.69, 9.17) is 0 Å². The van der Waals surface area contributed by atoms with Gasteiger partial charge in [-0.25, -0.2) is 0 Å². The Morgan fingerprint density at radius 3 is 2.68 bits per heavy atom. The number of benzene rings is 1. The molecule has 25 heavy (non-hydrogen) atoms. The first-order valence-corrected chi connectivity index (χ1v) is 8.65. The van der Waals surface area contributed by atoms with Crippen LogP contribution in [0.2, 0.25) is 0 Å². The van der Waals surface area contributed by atoms with E-state index in [1.165, 1.54) is 0 Å². The average molecular weight is 337 g/mol. The van der Waals surface area contributed by atoms with Crippen molar-refractivity contribution in [3.63, 3.8) is 0 Å². The Morgan fingerprint density at radius 2 is 1.96 bits per heavy atom. The van der Waals surface area contributed by atoms with Crippen LogP contribution >= 0.6 is 0 Å². The van der Waals surface area contributed by atoms with Crippen LogP contribution in [0.5, 0.6) is 0 Å². The molecule has 5 nitrogen and oxygen atoms in total. The van der Waals surface area contributed by atoms with Gasteiger partial charge in [0.15, 0.2) is 0 Å². The van der Waals surface area contributed by atoms with E-state index >= 15 is 0 Å². The number of rotatable bonds is 2. The molecule has 1 aromatic carbocycles. The number of hydrogen-bond donors (Lipinski definition) is 1. The normalized spacial score (nSPS) is 20.2. The number of carbonyl (C=O) groups excluding carboxylic acids is 2. The van der Waals surface area contributed by atoms with Gasteiger partial charge in [-0.15, -0.1) is 0 Å². The van der Waals surface area contributed by atoms with Crippen LogP contribution in [-0.2, 0) is 9.59 Å². The SMILES string of the molecule is Cc1cncc(NC(=O)C(=O)N2CCC[C@H](C)[C@@H]2c2ccccc2)c1. The van der Waals surface area contributed by atoms with E-state index in [1.807, 2.05) is 37.3 Å². The summed E-state index contributed by atoms with van der Waals surface area (Å²) in [6.07, 6.45) is 5.21. The van der Waals surface area contributed by atoms with Gasteiger partial charge in [0.2, 0.25) is 0 Å². The summed E-state index contributed by atoms with van der Waals surface area (Å²) in [7, 11) is 0. The quantitative estimate of drug-likeness (QED) is 0.855. The van der Waals surface area contributed by atoms with E-state index in [2.05, 4.69) is 17.2 Å². The topological polar surface area (TPSA) is 62.3 Å². The van der Waals surface area contributed by atoms with Crippen LogP contribution in [0, 0.1) is 12.8 Å². The zero-order valence-electron chi connectivity index (χ0n) is 14.6. The lowest BCUT2D eigenvalue weighted by atomic mass is 9.86. The number of aromatic nitrogens is 1. The van der Waals surface area contributed by atoms with Crippen molar-refractivity contribution in [2.24, 2.45) is 5.92 Å². The fraction of sp³-hybridized carbons (Fsp3) is 0.350. The third-order valence-electron chi connectivity index (χ3n) is 4.66. The molecule has 0 bridgehead atoms. The molecule has 2 heterocycles. The third-order valence-corrected chi connectivity index (χ3v) is 4.66. The number of carbonyl (C=O) groups is 2. The number of hydrogen-bond acceptors (Lipinski definition) is 3. The highest BCUT2D eigenvalue weighted by molar-refractivity contribution is 6.39. The van der Waals surface area contributed by atoms with Gasteiger partial charge in [-0.3, -0.25) is 14.6 Å². The largest absolute Gasteiger partial charge is 0.327 e. The summed E-state index contributed by atoms with van der Waals surface area (Å²) in [6.45, 7) is 4.63. The highest BCUT2D eigenvalue weighted by Crippen LogP contribution is 2.35. The third kappa shape index (κ3) is 3.87. The lowest BCUT2D eigenvalue weighted by Gasteiger charge is -2.40. The minimum Gasteiger partial charge on any atom is -0.327 e. The number of pyridine rings is 1. The number of nitrogens with zero attached hydrogens (tertiary/aromatic N) is 2. The van der Waals surface area contributed by atoms with Crippen LogP contribution in [0.3, 0.4) is 0 Å². The van der Waals surface area contributed by atoms with Crippen molar-refractivity contribution >= 4 is 17.5 Å². The number of likely N-dealkylation sites (tertiary alicyclic amines) is 1. The molecule has 0 unspecified atom stereocenters. The van der Waals surface area contributed by atoms with Crippen molar-refractivity contribution in [3.05, 3.63) is 59.9 Å². The Labute approximate surface area is 148 Å². The van der Waals surface area contributed by atoms with E-state index < -0.39 is 11.8 Å². The maximum absolute atomic E-state index is 12.8. The van der Waals surface area contributed by atoms with Crippen molar-refractivity contribution < 1.29 is 9.59 Å². The maximum Gasteiger partial charge on any atom is 0.313 e. The minimum absolute atomic E-state index is 0.0659. The fourth-order valence-corrected chi connectivity index (χ4v) is 3.51. The van der Waals surface area contributed by atoms with Crippen LogP contribution in [0.1, 0.15) is 36.9 Å². The summed E-state index contributed by atoms with van der Waals surface area (Å²) < 4.78 is 0. The Balaban J connectivity index is 1.79. The minimum atomic E-state index is -0.609. The summed E-state index contributed by atoms with van der Waals surface area (Å²) in [4.78, 5) is 31.0. The second-order valence-corrected chi connectivity index (χ2v) is 6.68. The molecule has 1 fully saturated rings. The van der Waals surface area contributed by atoms with Gasteiger partial charge in [-0.1, -0.05) is 37.3 Å². The molecule has 0 spiro atoms. The molecular weight excluding hydrogens is 314 g/mol. The molecule has 0 aliphatic carbocycles. The second-order valence-electron chi connectivity index (χ2n) is 6.68. The van der Waals surface area contributed by atoms with E-state index in [0.717, 1.165) is 24.0 Å². The number of amides is 2. The molecule has 2 aromatic rings. The first-order valence-electron chi connectivity index (χ1n) is 8.65. The standard InChI is InChI=1S/C20H23N3O2/c1-14-11-17(13-21-12-14)22-19(24)20(25)23-10-6-7-15(2)18(23)16-8-4-3-5-9-16/h3-5,8-9,11-13,15,18H,6-7,10H2,1-2H3,(H,22,24)/t15-,18+/m0/s1. The summed E-state index contributed by atoms with van der Waals surface area (Å²) >= 11 is 0. The van der Waals surface area contributed by atoms with Gasteiger partial charge in [-0.2, -0.15) is 0 Å². The Morgan fingerprint density at radius 1 is 1.20 bits per heavy atom. The number of nitrogens with one attached hydrogen (secondary N) is 1. The Kier molecular flexibility index (Phi) is 5.12. The zero-order valence-corrected chi connectivity index (χ0v) is 14.6. The highest BCUT2D eigenvalue weighted by atomic mass is 16.2. The van der Waals surface area contributed by atoms with Gasteiger partial charge in [0.25, 0.3) is 0 Å². The van der Waals surface area contributed by atoms with Gasteiger partial charge >= 0.3 is 11.8 Å². The van der Waals surface area contributed by atoms with Crippen molar-refractivity contribution in [2.75, 3.05) is 11.9 Å². The van der Waals surface area contributed by atoms with Crippen LogP contribution in [-0.4, -0.2) is 28.2 Å². The van der Waals surface area contributed by atoms with E-state index in [1.54, 1.807) is 23.4 Å². The number of piperidine rings is 1. The molecule has 3 rings (SSSR count). The second kappa shape index (κ2) is 7.47. The summed E-state index contributed by atoms with van der Waals surface area (Å²) in [5.41, 5.74) is 2.55. The highest BCUT2D eigenvalue weighted by Gasteiger charge is 2.35. The van der Waals surface area contributed by atoms with Crippen molar-refractivity contribution in [1.82, 2.24) is 9.88 Å². The molecule has 1 aromatic heterocycles. The van der Waals surface area contributed by atoms with Crippen molar-refractivity contribution in [3.8, 4) is 0 Å². The summed E-state index contributed by atoms with van der Waals surface area (Å²) in [6, 6.07) is 11.7. The molecule has 1 aliphatic heterocycles. The molecule has 0 radical (unpaired) electrons. The first kappa shape index (κ1) is 17.1. The van der Waals surface area contributed by atoms with E-state index in [0.29, 0.717) is 18.2 Å². The van der Waals surface area contributed by atoms with Gasteiger partial charge in [0, 0.05) is 12.7 Å². The van der Waals surface area contributed by atoms with Crippen molar-refractivity contribution in [2.45, 2.75) is 32.7 Å². The lowest BCUT2D eigenvalue weighted by Crippen LogP contribution is -2.46. The van der Waals surface area contributed by atoms with Gasteiger partial charge in [-0.05, 0) is 42.9 Å². The van der Waals surface area contributed by atoms with E-state index in [9.17, 15) is 9.59 Å². The zero-order chi connectivity index (χ0) is 17.8. The smallest absolute Gasteiger partial charge is 0.313 e. The number of aryl methyl sites for hydroxylation is 1. The first-order chi connectivity index (χ1) is 12.1.